The van der Waals surface area contributed by atoms with Gasteiger partial charge < -0.3 is 84.5 Å². The van der Waals surface area contributed by atoms with Crippen molar-refractivity contribution in [2.24, 2.45) is 0 Å². The Balaban J connectivity index is 2.57. The monoisotopic (exact) mass is 1290 g/mol. The minimum absolute atomic E-state index is 0.185. The average Bonchev–Trinajstić information content (AvgIpc) is 1.09. The van der Waals surface area contributed by atoms with Crippen LogP contribution in [0, 0.1) is 0 Å². The zero-order chi connectivity index (χ0) is 64.6. The fourth-order valence-electron chi connectivity index (χ4n) is 11.1. The lowest BCUT2D eigenvalue weighted by atomic mass is 9.95. The van der Waals surface area contributed by atoms with E-state index in [-0.39, 0.29) is 25.7 Å². The molecular weight excluding hydrogens is 1180 g/mol. The molecule has 0 spiro atoms. The molecule has 0 unspecified atom stereocenters. The number of amides is 2. The first-order valence-electron chi connectivity index (χ1n) is 32.8. The number of aliphatic hydroxyl groups is 6. The van der Waals surface area contributed by atoms with Gasteiger partial charge in [-0.1, -0.05) is 207 Å². The van der Waals surface area contributed by atoms with E-state index in [1.165, 1.54) is 19.3 Å². The molecule has 0 aromatic carbocycles. The van der Waals surface area contributed by atoms with Gasteiger partial charge in [0, 0.05) is 0 Å². The van der Waals surface area contributed by atoms with Gasteiger partial charge in [0.25, 0.3) is 0 Å². The second kappa shape index (κ2) is 46.7. The van der Waals surface area contributed by atoms with Crippen LogP contribution >= 0.6 is 15.6 Å². The van der Waals surface area contributed by atoms with Crippen LogP contribution in [0.3, 0.4) is 0 Å². The molecule has 87 heavy (non-hydrogen) atoms. The molecule has 14 atom stereocenters. The maximum atomic E-state index is 14.0. The van der Waals surface area contributed by atoms with Crippen molar-refractivity contribution >= 4 is 39.4 Å². The van der Waals surface area contributed by atoms with Crippen molar-refractivity contribution in [3.05, 3.63) is 0 Å². The topological polar surface area (TPSA) is 393 Å². The summed E-state index contributed by atoms with van der Waals surface area (Å²) in [7, 11) is -11.2. The predicted molar refractivity (Wildman–Crippen MR) is 323 cm³/mol. The van der Waals surface area contributed by atoms with E-state index in [2.05, 4.69) is 24.5 Å². The van der Waals surface area contributed by atoms with E-state index in [9.17, 15) is 78.5 Å². The number of carbonyl (C=O) groups excluding carboxylic acids is 4. The smallest absolute Gasteiger partial charge is 0.457 e. The molecule has 27 heteroatoms. The van der Waals surface area contributed by atoms with Gasteiger partial charge in [-0.15, -0.1) is 0 Å². The van der Waals surface area contributed by atoms with E-state index in [1.54, 1.807) is 0 Å². The molecule has 0 radical (unpaired) electrons. The van der Waals surface area contributed by atoms with Crippen LogP contribution in [0.4, 0.5) is 0 Å². The van der Waals surface area contributed by atoms with Crippen LogP contribution in [0.1, 0.15) is 259 Å². The minimum Gasteiger partial charge on any atom is -0.457 e. The number of aliphatic hydroxyl groups excluding tert-OH is 6. The van der Waals surface area contributed by atoms with Crippen molar-refractivity contribution in [2.75, 3.05) is 13.2 Å². The van der Waals surface area contributed by atoms with Gasteiger partial charge >= 0.3 is 27.6 Å². The molecule has 2 amide bonds. The Morgan fingerprint density at radius 3 is 1.09 bits per heavy atom. The molecule has 2 fully saturated rings. The van der Waals surface area contributed by atoms with Crippen LogP contribution in [0.5, 0.6) is 0 Å². The summed E-state index contributed by atoms with van der Waals surface area (Å²) in [6.45, 7) is 6.27. The SMILES string of the molecule is CCCCCCCCCCC[C@@H](O)CC(=O)N[C@@H]1[C@@H](OC(=O)C[C@H](O)CCCCCCC)[C@@H](OP(=O)(O)O)[C@@H](CO[C@@H]2O[C@H](CO)[C@H](OP(=O)(O)O)[C@H](OC(=O)C[C@H](O)CCCCCCC)[C@H]2NC(=O)C[C@H](O)CCCCCCCCCCC)O[C@H]1O. The van der Waals surface area contributed by atoms with Gasteiger partial charge in [0.15, 0.2) is 24.8 Å². The highest BCUT2D eigenvalue weighted by atomic mass is 31.2. The normalized spacial score (nSPS) is 24.0. The second-order valence-corrected chi connectivity index (χ2v) is 26.3. The van der Waals surface area contributed by atoms with Gasteiger partial charge in [-0.3, -0.25) is 28.2 Å². The van der Waals surface area contributed by atoms with E-state index in [4.69, 9.17) is 32.7 Å². The molecule has 0 aromatic heterocycles. The Morgan fingerprint density at radius 2 is 0.747 bits per heavy atom. The first-order chi connectivity index (χ1) is 41.4. The van der Waals surface area contributed by atoms with E-state index >= 15 is 0 Å². The molecular formula is C60H114N2O23P2. The number of rotatable bonds is 52. The van der Waals surface area contributed by atoms with Gasteiger partial charge in [0.2, 0.25) is 11.8 Å². The number of hydrogen-bond acceptors (Lipinski definition) is 19. The number of hydrogen-bond donors (Lipinski definition) is 12. The Bertz CT molecular complexity index is 1930. The fraction of sp³-hybridized carbons (Fsp3) is 0.933. The summed E-state index contributed by atoms with van der Waals surface area (Å²) in [6, 6.07) is -3.72. The van der Waals surface area contributed by atoms with Crippen LogP contribution in [0.2, 0.25) is 0 Å². The number of nitrogens with one attached hydrogen (secondary N) is 2. The molecule has 0 saturated carbocycles. The highest BCUT2D eigenvalue weighted by Gasteiger charge is 2.55. The lowest BCUT2D eigenvalue weighted by molar-refractivity contribution is -0.297. The molecule has 2 rings (SSSR count). The summed E-state index contributed by atoms with van der Waals surface area (Å²) in [5.74, 6) is -4.05. The Morgan fingerprint density at radius 1 is 0.437 bits per heavy atom. The third kappa shape index (κ3) is 37.1. The number of carbonyl (C=O) groups is 4. The third-order valence-electron chi connectivity index (χ3n) is 15.8. The van der Waals surface area contributed by atoms with Crippen molar-refractivity contribution in [2.45, 2.75) is 345 Å². The quantitative estimate of drug-likeness (QED) is 0.0157. The van der Waals surface area contributed by atoms with Crippen molar-refractivity contribution in [1.29, 1.82) is 0 Å². The van der Waals surface area contributed by atoms with Crippen LogP contribution in [-0.4, -0.2) is 173 Å². The van der Waals surface area contributed by atoms with Crippen molar-refractivity contribution in [1.82, 2.24) is 10.6 Å². The summed E-state index contributed by atoms with van der Waals surface area (Å²) >= 11 is 0. The summed E-state index contributed by atoms with van der Waals surface area (Å²) in [6.07, 6.45) is 3.91. The molecule has 0 aromatic rings. The Kier molecular flexibility index (Phi) is 43.4. The molecule has 0 aliphatic carbocycles. The van der Waals surface area contributed by atoms with Crippen molar-refractivity contribution in [3.63, 3.8) is 0 Å². The zero-order valence-corrected chi connectivity index (χ0v) is 54.4. The van der Waals surface area contributed by atoms with E-state index in [0.29, 0.717) is 25.7 Å². The van der Waals surface area contributed by atoms with Crippen LogP contribution in [0.25, 0.3) is 0 Å². The molecule has 2 aliphatic rings. The molecule has 2 saturated heterocycles. The minimum atomic E-state index is -5.67. The Hall–Kier alpha value is -2.26. The van der Waals surface area contributed by atoms with Crippen LogP contribution < -0.4 is 10.6 Å². The maximum Gasteiger partial charge on any atom is 0.470 e. The predicted octanol–water partition coefficient (Wildman–Crippen LogP) is 7.75. The van der Waals surface area contributed by atoms with E-state index in [1.807, 2.05) is 13.8 Å². The number of phosphoric ester groups is 2. The van der Waals surface area contributed by atoms with Gasteiger partial charge in [-0.2, -0.15) is 0 Å². The Labute approximate surface area is 517 Å². The molecule has 25 nitrogen and oxygen atoms in total. The fourth-order valence-corrected chi connectivity index (χ4v) is 12.2. The highest BCUT2D eigenvalue weighted by Crippen LogP contribution is 2.44. The summed E-state index contributed by atoms with van der Waals surface area (Å²) in [5, 5.41) is 71.0. The summed E-state index contributed by atoms with van der Waals surface area (Å²) in [5.41, 5.74) is 0. The summed E-state index contributed by atoms with van der Waals surface area (Å²) < 4.78 is 65.2. The molecule has 512 valence electrons. The molecule has 2 heterocycles. The molecule has 0 bridgehead atoms. The van der Waals surface area contributed by atoms with E-state index in [0.717, 1.165) is 135 Å². The first-order valence-corrected chi connectivity index (χ1v) is 35.9. The molecule has 2 aliphatic heterocycles. The van der Waals surface area contributed by atoms with E-state index < -0.39 is 164 Å². The van der Waals surface area contributed by atoms with Crippen LogP contribution in [0.15, 0.2) is 0 Å². The van der Waals surface area contributed by atoms with Gasteiger partial charge in [0.05, 0.1) is 63.3 Å². The second-order valence-electron chi connectivity index (χ2n) is 23.9. The average molecular weight is 1290 g/mol. The molecule has 12 N–H and O–H groups in total. The largest absolute Gasteiger partial charge is 0.470 e. The van der Waals surface area contributed by atoms with Gasteiger partial charge in [0.1, 0.15) is 36.5 Å². The summed E-state index contributed by atoms with van der Waals surface area (Å²) in [4.78, 5) is 96.1. The zero-order valence-electron chi connectivity index (χ0n) is 52.6. The lowest BCUT2D eigenvalue weighted by Gasteiger charge is -2.47. The number of phosphoric acid groups is 2. The van der Waals surface area contributed by atoms with Crippen LogP contribution in [-0.2, 0) is 61.0 Å². The number of esters is 2. The van der Waals surface area contributed by atoms with Crippen molar-refractivity contribution in [3.8, 4) is 0 Å². The third-order valence-corrected chi connectivity index (χ3v) is 16.9. The first kappa shape index (κ1) is 80.8. The highest BCUT2D eigenvalue weighted by molar-refractivity contribution is 7.46. The maximum absolute atomic E-state index is 14.0. The lowest BCUT2D eigenvalue weighted by Crippen LogP contribution is -2.68. The standard InChI is InChI=1S/C60H114N2O23P2/c1-5-9-13-17-19-21-23-27-31-33-43(64)37-49(68)61-53-57(82-51(70)39-45(66)35-29-25-15-11-7-3)56(85-87(76,77)78)48(80-59(53)72)42-79-60-54(62-50(69)38-44(65)34-32-28-24-22-20-18-14-10-6-2)58(55(47(41-63)81-60)84-86(73,74)75)83-52(71)40-46(67)36-30-26-16-12-8-4/h43-48,53-60,63-67,72H,5-42H2,1-4H3,(H,61,68)(H,62,69)(H2,73,74,75)(H2,76,77,78)/t43-,44-,45-,46-,47-,48-,53-,54-,55+,56+,57-,58-,59-,60-/m1/s1. The van der Waals surface area contributed by atoms with Crippen molar-refractivity contribution < 1.29 is 111 Å². The number of ether oxygens (including phenoxy) is 5. The number of unbranched alkanes of at least 4 members (excludes halogenated alkanes) is 24. The van der Waals surface area contributed by atoms with Gasteiger partial charge in [-0.25, -0.2) is 9.13 Å². The van der Waals surface area contributed by atoms with Gasteiger partial charge in [-0.05, 0) is 25.7 Å².